The molecular formula is C15H19ClN2O3. The smallest absolute Gasteiger partial charge is 0.319 e. The summed E-state index contributed by atoms with van der Waals surface area (Å²) in [6, 6.07) is 6.97. The van der Waals surface area contributed by atoms with E-state index in [9.17, 15) is 4.79 Å². The van der Waals surface area contributed by atoms with Crippen LogP contribution in [0.5, 0.6) is 0 Å². The molecule has 1 aromatic carbocycles. The monoisotopic (exact) mass is 310 g/mol. The minimum absolute atomic E-state index is 0.105. The molecule has 2 N–H and O–H groups in total. The van der Waals surface area contributed by atoms with E-state index >= 15 is 0 Å². The first-order valence-electron chi connectivity index (χ1n) is 7.27. The first kappa shape index (κ1) is 14.6. The second kappa shape index (κ2) is 6.64. The van der Waals surface area contributed by atoms with Gasteiger partial charge in [0.15, 0.2) is 0 Å². The van der Waals surface area contributed by atoms with Crippen LogP contribution in [-0.2, 0) is 9.47 Å². The van der Waals surface area contributed by atoms with E-state index in [1.54, 1.807) is 24.3 Å². The number of hydrogen-bond acceptors (Lipinski definition) is 3. The van der Waals surface area contributed by atoms with Crippen molar-refractivity contribution in [2.24, 2.45) is 0 Å². The van der Waals surface area contributed by atoms with Crippen LogP contribution >= 0.6 is 11.6 Å². The standard InChI is InChI=1S/C15H19ClN2O3/c16-10-1-3-11(4-2-10)17-15(19)18-12-5-6-13-14(9-12)21-8-7-20-13/h1-4,12-14H,5-9H2,(H2,17,18,19). The summed E-state index contributed by atoms with van der Waals surface area (Å²) in [4.78, 5) is 12.0. The first-order valence-corrected chi connectivity index (χ1v) is 7.65. The summed E-state index contributed by atoms with van der Waals surface area (Å²) in [5, 5.41) is 6.45. The zero-order valence-corrected chi connectivity index (χ0v) is 12.4. The van der Waals surface area contributed by atoms with Gasteiger partial charge in [-0.1, -0.05) is 11.6 Å². The average molecular weight is 311 g/mol. The number of amides is 2. The van der Waals surface area contributed by atoms with Crippen molar-refractivity contribution in [2.75, 3.05) is 18.5 Å². The van der Waals surface area contributed by atoms with E-state index < -0.39 is 0 Å². The lowest BCUT2D eigenvalue weighted by molar-refractivity contribution is -0.157. The third-order valence-electron chi connectivity index (χ3n) is 3.92. The zero-order chi connectivity index (χ0) is 14.7. The summed E-state index contributed by atoms with van der Waals surface area (Å²) < 4.78 is 11.4. The molecule has 3 rings (SSSR count). The highest BCUT2D eigenvalue weighted by Crippen LogP contribution is 2.26. The largest absolute Gasteiger partial charge is 0.373 e. The van der Waals surface area contributed by atoms with Crippen molar-refractivity contribution in [1.29, 1.82) is 0 Å². The van der Waals surface area contributed by atoms with Gasteiger partial charge in [0, 0.05) is 16.8 Å². The first-order chi connectivity index (χ1) is 10.2. The van der Waals surface area contributed by atoms with E-state index in [1.165, 1.54) is 0 Å². The number of ether oxygens (including phenoxy) is 2. The minimum atomic E-state index is -0.197. The molecule has 5 nitrogen and oxygen atoms in total. The van der Waals surface area contributed by atoms with Gasteiger partial charge in [-0.05, 0) is 43.5 Å². The minimum Gasteiger partial charge on any atom is -0.373 e. The quantitative estimate of drug-likeness (QED) is 0.883. The van der Waals surface area contributed by atoms with Gasteiger partial charge in [0.1, 0.15) is 0 Å². The number of nitrogens with one attached hydrogen (secondary N) is 2. The van der Waals surface area contributed by atoms with Crippen molar-refractivity contribution in [2.45, 2.75) is 37.5 Å². The summed E-state index contributed by atoms with van der Waals surface area (Å²) in [7, 11) is 0. The van der Waals surface area contributed by atoms with Crippen LogP contribution in [0.1, 0.15) is 19.3 Å². The Labute approximate surface area is 128 Å². The topological polar surface area (TPSA) is 59.6 Å². The van der Waals surface area contributed by atoms with Crippen LogP contribution in [-0.4, -0.2) is 37.5 Å². The molecule has 0 spiro atoms. The van der Waals surface area contributed by atoms with Gasteiger partial charge >= 0.3 is 6.03 Å². The number of carbonyl (C=O) groups excluding carboxylic acids is 1. The van der Waals surface area contributed by atoms with Crippen molar-refractivity contribution in [3.8, 4) is 0 Å². The highest BCUT2D eigenvalue weighted by molar-refractivity contribution is 6.30. The molecule has 1 saturated carbocycles. The third kappa shape index (κ3) is 3.87. The molecule has 6 heteroatoms. The molecule has 1 saturated heterocycles. The lowest BCUT2D eigenvalue weighted by atomic mass is 9.90. The SMILES string of the molecule is O=C(Nc1ccc(Cl)cc1)NC1CCC2OCCOC2C1. The lowest BCUT2D eigenvalue weighted by Gasteiger charge is -2.39. The van der Waals surface area contributed by atoms with Crippen molar-refractivity contribution < 1.29 is 14.3 Å². The van der Waals surface area contributed by atoms with Gasteiger partial charge in [0.2, 0.25) is 0 Å². The highest BCUT2D eigenvalue weighted by atomic mass is 35.5. The summed E-state index contributed by atoms with van der Waals surface area (Å²) in [5.74, 6) is 0. The molecule has 1 aromatic rings. The molecule has 0 bridgehead atoms. The highest BCUT2D eigenvalue weighted by Gasteiger charge is 2.34. The maximum absolute atomic E-state index is 12.0. The number of halogens is 1. The molecule has 3 atom stereocenters. The van der Waals surface area contributed by atoms with Gasteiger partial charge in [0.25, 0.3) is 0 Å². The number of carbonyl (C=O) groups is 1. The normalized spacial score (nSPS) is 28.5. The van der Waals surface area contributed by atoms with Gasteiger partial charge in [-0.2, -0.15) is 0 Å². The average Bonchev–Trinajstić information content (AvgIpc) is 2.49. The molecule has 114 valence electrons. The van der Waals surface area contributed by atoms with E-state index in [0.717, 1.165) is 24.9 Å². The van der Waals surface area contributed by atoms with Gasteiger partial charge in [-0.25, -0.2) is 4.79 Å². The molecule has 2 aliphatic rings. The Kier molecular flexibility index (Phi) is 4.63. The summed E-state index contributed by atoms with van der Waals surface area (Å²) in [5.41, 5.74) is 0.725. The van der Waals surface area contributed by atoms with Gasteiger partial charge in [-0.3, -0.25) is 0 Å². The summed E-state index contributed by atoms with van der Waals surface area (Å²) >= 11 is 5.81. The fraction of sp³-hybridized carbons (Fsp3) is 0.533. The Morgan fingerprint density at radius 3 is 2.57 bits per heavy atom. The Balaban J connectivity index is 1.49. The molecule has 0 radical (unpaired) electrons. The molecule has 1 aliphatic carbocycles. The predicted molar refractivity (Wildman–Crippen MR) is 80.7 cm³/mol. The number of benzene rings is 1. The maximum atomic E-state index is 12.0. The molecular weight excluding hydrogens is 292 g/mol. The molecule has 21 heavy (non-hydrogen) atoms. The van der Waals surface area contributed by atoms with Crippen molar-refractivity contribution in [3.05, 3.63) is 29.3 Å². The third-order valence-corrected chi connectivity index (χ3v) is 4.17. The summed E-state index contributed by atoms with van der Waals surface area (Å²) in [6.07, 6.45) is 2.94. The van der Waals surface area contributed by atoms with E-state index in [4.69, 9.17) is 21.1 Å². The van der Waals surface area contributed by atoms with Crippen LogP contribution in [0, 0.1) is 0 Å². The number of rotatable bonds is 2. The van der Waals surface area contributed by atoms with E-state index in [1.807, 2.05) is 0 Å². The Morgan fingerprint density at radius 1 is 1.10 bits per heavy atom. The molecule has 0 aromatic heterocycles. The van der Waals surface area contributed by atoms with Gasteiger partial charge in [0.05, 0.1) is 25.4 Å². The van der Waals surface area contributed by atoms with E-state index in [-0.39, 0.29) is 24.3 Å². The van der Waals surface area contributed by atoms with Crippen molar-refractivity contribution >= 4 is 23.3 Å². The fourth-order valence-electron chi connectivity index (χ4n) is 2.88. The molecule has 2 amide bonds. The van der Waals surface area contributed by atoms with Crippen LogP contribution in [0.2, 0.25) is 5.02 Å². The molecule has 1 aliphatic heterocycles. The zero-order valence-electron chi connectivity index (χ0n) is 11.7. The van der Waals surface area contributed by atoms with E-state index in [2.05, 4.69) is 10.6 Å². The van der Waals surface area contributed by atoms with Crippen LogP contribution < -0.4 is 10.6 Å². The van der Waals surface area contributed by atoms with Crippen LogP contribution in [0.25, 0.3) is 0 Å². The van der Waals surface area contributed by atoms with Crippen molar-refractivity contribution in [1.82, 2.24) is 5.32 Å². The Bertz CT molecular complexity index is 494. The Hall–Kier alpha value is -1.30. The predicted octanol–water partition coefficient (Wildman–Crippen LogP) is 2.80. The van der Waals surface area contributed by atoms with E-state index in [0.29, 0.717) is 18.2 Å². The summed E-state index contributed by atoms with van der Waals surface area (Å²) in [6.45, 7) is 1.32. The molecule has 2 fully saturated rings. The van der Waals surface area contributed by atoms with Crippen LogP contribution in [0.3, 0.4) is 0 Å². The molecule has 3 unspecified atom stereocenters. The van der Waals surface area contributed by atoms with Crippen LogP contribution in [0.15, 0.2) is 24.3 Å². The second-order valence-corrected chi connectivity index (χ2v) is 5.87. The molecule has 1 heterocycles. The number of urea groups is 1. The van der Waals surface area contributed by atoms with Crippen molar-refractivity contribution in [3.63, 3.8) is 0 Å². The lowest BCUT2D eigenvalue weighted by Crippen LogP contribution is -2.50. The van der Waals surface area contributed by atoms with Gasteiger partial charge in [-0.15, -0.1) is 0 Å². The fourth-order valence-corrected chi connectivity index (χ4v) is 3.01. The second-order valence-electron chi connectivity index (χ2n) is 5.43. The maximum Gasteiger partial charge on any atom is 0.319 e. The Morgan fingerprint density at radius 2 is 1.81 bits per heavy atom. The van der Waals surface area contributed by atoms with Crippen LogP contribution in [0.4, 0.5) is 10.5 Å². The number of hydrogen-bond donors (Lipinski definition) is 2. The van der Waals surface area contributed by atoms with Gasteiger partial charge < -0.3 is 20.1 Å². The number of anilines is 1. The number of fused-ring (bicyclic) bond motifs is 1.